The van der Waals surface area contributed by atoms with E-state index >= 15 is 0 Å². The minimum atomic E-state index is -0.399. The molecule has 2 rings (SSSR count). The van der Waals surface area contributed by atoms with Crippen LogP contribution >= 0.6 is 11.6 Å². The smallest absolute Gasteiger partial charge is 0.188 e. The van der Waals surface area contributed by atoms with Crippen molar-refractivity contribution in [3.8, 4) is 5.75 Å². The maximum absolute atomic E-state index is 14.3. The minimum absolute atomic E-state index is 0. The molecule has 0 atom stereocenters. The van der Waals surface area contributed by atoms with Crippen LogP contribution in [0.4, 0.5) is 4.39 Å². The molecule has 1 radical (unpaired) electrons. The third-order valence-electron chi connectivity index (χ3n) is 3.06. The number of benzene rings is 1. The molecule has 115 valence electrons. The summed E-state index contributed by atoms with van der Waals surface area (Å²) < 4.78 is 24.3. The summed E-state index contributed by atoms with van der Waals surface area (Å²) >= 11 is 6.03. The predicted octanol–water partition coefficient (Wildman–Crippen LogP) is 3.92. The van der Waals surface area contributed by atoms with E-state index in [0.717, 1.165) is 0 Å². The van der Waals surface area contributed by atoms with E-state index in [0.29, 0.717) is 34.3 Å². The van der Waals surface area contributed by atoms with Gasteiger partial charge in [0.2, 0.25) is 0 Å². The maximum atomic E-state index is 14.3. The number of halogens is 2. The Labute approximate surface area is 160 Å². The first-order valence-corrected chi connectivity index (χ1v) is 6.84. The third-order valence-corrected chi connectivity index (χ3v) is 3.39. The molecule has 0 unspecified atom stereocenters. The summed E-state index contributed by atoms with van der Waals surface area (Å²) in [6.07, 6.45) is 4.60. The largest absolute Gasteiger partial charge is 0.468 e. The number of hydrogen-bond donors (Lipinski definition) is 0. The Bertz CT molecular complexity index is 616. The molecular weight excluding hydrogens is 382 g/mol. The Kier molecular flexibility index (Phi) is 7.77. The quantitative estimate of drug-likeness (QED) is 0.555. The van der Waals surface area contributed by atoms with Gasteiger partial charge in [0.1, 0.15) is 5.75 Å². The molecular formula is C16H16ClFNO2Y-. The Morgan fingerprint density at radius 3 is 2.73 bits per heavy atom. The third kappa shape index (κ3) is 4.20. The molecule has 0 amide bonds. The van der Waals surface area contributed by atoms with E-state index in [1.165, 1.54) is 13.2 Å². The normalized spacial score (nSPS) is 14.2. The van der Waals surface area contributed by atoms with Gasteiger partial charge in [-0.2, -0.15) is 23.8 Å². The predicted molar refractivity (Wildman–Crippen MR) is 81.0 cm³/mol. The van der Waals surface area contributed by atoms with Crippen LogP contribution in [-0.2, 0) is 37.4 Å². The van der Waals surface area contributed by atoms with Crippen LogP contribution in [0.5, 0.6) is 5.75 Å². The van der Waals surface area contributed by atoms with Crippen LogP contribution in [-0.4, -0.2) is 25.3 Å². The standard InChI is InChI=1S/C16H16ClFNO2.Y/c1-4-19-11(2)14(17)7-8-16(19)13-6-5-12(9-15(13)18)21-10-20-3;/h5-7,9H,2,4,10H2,1,3H3;/q-1;. The number of methoxy groups -OCH3 is 1. The van der Waals surface area contributed by atoms with Gasteiger partial charge in [-0.25, -0.2) is 4.39 Å². The molecule has 0 saturated carbocycles. The number of ether oxygens (including phenoxy) is 2. The zero-order chi connectivity index (χ0) is 15.4. The van der Waals surface area contributed by atoms with Gasteiger partial charge in [-0.3, -0.25) is 0 Å². The van der Waals surface area contributed by atoms with Gasteiger partial charge in [0, 0.05) is 52.4 Å². The molecule has 22 heavy (non-hydrogen) atoms. The molecule has 0 bridgehead atoms. The summed E-state index contributed by atoms with van der Waals surface area (Å²) in [6.45, 7) is 6.54. The molecule has 0 N–H and O–H groups in total. The van der Waals surface area contributed by atoms with E-state index in [9.17, 15) is 4.39 Å². The van der Waals surface area contributed by atoms with Crippen LogP contribution in [0.15, 0.2) is 41.6 Å². The molecule has 0 spiro atoms. The van der Waals surface area contributed by atoms with Crippen molar-refractivity contribution >= 4 is 17.3 Å². The van der Waals surface area contributed by atoms with E-state index in [1.807, 2.05) is 11.8 Å². The molecule has 0 fully saturated rings. The van der Waals surface area contributed by atoms with Gasteiger partial charge in [0.15, 0.2) is 6.79 Å². The van der Waals surface area contributed by atoms with Crippen molar-refractivity contribution in [2.75, 3.05) is 20.4 Å². The summed E-state index contributed by atoms with van der Waals surface area (Å²) in [5.74, 6) is 0.00809. The average molecular weight is 398 g/mol. The van der Waals surface area contributed by atoms with Gasteiger partial charge >= 0.3 is 0 Å². The topological polar surface area (TPSA) is 21.7 Å². The van der Waals surface area contributed by atoms with Crippen molar-refractivity contribution < 1.29 is 46.6 Å². The van der Waals surface area contributed by atoms with Gasteiger partial charge in [-0.15, -0.1) is 6.07 Å². The molecule has 1 aromatic carbocycles. The van der Waals surface area contributed by atoms with Crippen LogP contribution in [0.25, 0.3) is 5.70 Å². The fourth-order valence-electron chi connectivity index (χ4n) is 2.03. The number of hydrogen-bond acceptors (Lipinski definition) is 3. The van der Waals surface area contributed by atoms with Gasteiger partial charge < -0.3 is 14.4 Å². The molecule has 0 aromatic heterocycles. The molecule has 1 aliphatic rings. The van der Waals surface area contributed by atoms with Crippen LogP contribution in [0.3, 0.4) is 0 Å². The van der Waals surface area contributed by atoms with E-state index in [1.54, 1.807) is 18.2 Å². The fourth-order valence-corrected chi connectivity index (χ4v) is 2.19. The summed E-state index contributed by atoms with van der Waals surface area (Å²) in [5, 5.41) is 0.501. The van der Waals surface area contributed by atoms with Crippen molar-refractivity contribution in [3.05, 3.63) is 59.0 Å². The van der Waals surface area contributed by atoms with E-state index < -0.39 is 5.82 Å². The Morgan fingerprint density at radius 1 is 1.41 bits per heavy atom. The Hall–Kier alpha value is -0.676. The summed E-state index contributed by atoms with van der Waals surface area (Å²) in [6, 6.07) is 4.65. The van der Waals surface area contributed by atoms with Crippen molar-refractivity contribution in [3.63, 3.8) is 0 Å². The molecule has 6 heteroatoms. The van der Waals surface area contributed by atoms with Gasteiger partial charge in [0.25, 0.3) is 0 Å². The maximum Gasteiger partial charge on any atom is 0.188 e. The second kappa shape index (κ2) is 8.83. The van der Waals surface area contributed by atoms with Crippen molar-refractivity contribution in [2.24, 2.45) is 0 Å². The van der Waals surface area contributed by atoms with Gasteiger partial charge in [-0.1, -0.05) is 17.8 Å². The minimum Gasteiger partial charge on any atom is -0.468 e. The van der Waals surface area contributed by atoms with E-state index in [2.05, 4.69) is 12.7 Å². The fraction of sp³-hybridized carbons (Fsp3) is 0.250. The summed E-state index contributed by atoms with van der Waals surface area (Å²) in [4.78, 5) is 1.82. The number of allylic oxidation sites excluding steroid dienone is 3. The van der Waals surface area contributed by atoms with E-state index in [-0.39, 0.29) is 39.5 Å². The van der Waals surface area contributed by atoms with Gasteiger partial charge in [0.05, 0.1) is 5.82 Å². The monoisotopic (exact) mass is 397 g/mol. The van der Waals surface area contributed by atoms with Crippen LogP contribution in [0.2, 0.25) is 0 Å². The molecule has 0 saturated heterocycles. The SMILES string of the molecule is C=C1C(Cl)=C[C-]=C(c2ccc(OCOC)cc2F)N1CC.[Y]. The van der Waals surface area contributed by atoms with Crippen molar-refractivity contribution in [1.82, 2.24) is 4.90 Å². The van der Waals surface area contributed by atoms with Crippen LogP contribution < -0.4 is 4.74 Å². The summed E-state index contributed by atoms with van der Waals surface area (Å²) in [7, 11) is 1.51. The summed E-state index contributed by atoms with van der Waals surface area (Å²) in [5.41, 5.74) is 1.65. The van der Waals surface area contributed by atoms with Gasteiger partial charge in [-0.05, 0) is 23.7 Å². The Morgan fingerprint density at radius 2 is 2.14 bits per heavy atom. The van der Waals surface area contributed by atoms with Crippen LogP contribution in [0.1, 0.15) is 12.5 Å². The average Bonchev–Trinajstić information content (AvgIpc) is 2.48. The molecule has 1 aliphatic heterocycles. The second-order valence-corrected chi connectivity index (χ2v) is 4.78. The first-order chi connectivity index (χ1) is 10.1. The molecule has 3 nitrogen and oxygen atoms in total. The molecule has 1 aromatic rings. The Balaban J connectivity index is 0.00000242. The molecule has 1 heterocycles. The number of nitrogens with zero attached hydrogens (tertiary/aromatic N) is 1. The number of rotatable bonds is 5. The van der Waals surface area contributed by atoms with Crippen molar-refractivity contribution in [1.29, 1.82) is 0 Å². The van der Waals surface area contributed by atoms with Crippen LogP contribution in [0, 0.1) is 11.9 Å². The zero-order valence-electron chi connectivity index (χ0n) is 12.5. The molecule has 0 aliphatic carbocycles. The number of likely N-dealkylation sites (N-methyl/N-ethyl adjacent to an activating group) is 1. The van der Waals surface area contributed by atoms with Crippen molar-refractivity contribution in [2.45, 2.75) is 6.92 Å². The first kappa shape index (κ1) is 19.4. The second-order valence-electron chi connectivity index (χ2n) is 4.37. The first-order valence-electron chi connectivity index (χ1n) is 6.46. The van der Waals surface area contributed by atoms with E-state index in [4.69, 9.17) is 21.1 Å². The zero-order valence-corrected chi connectivity index (χ0v) is 16.1.